The fraction of sp³-hybridized carbons (Fsp3) is 0.643. The maximum atomic E-state index is 11.9. The van der Waals surface area contributed by atoms with E-state index >= 15 is 0 Å². The number of carbonyl (C=O) groups is 1. The summed E-state index contributed by atoms with van der Waals surface area (Å²) in [7, 11) is 0. The van der Waals surface area contributed by atoms with Crippen LogP contribution < -0.4 is 10.6 Å². The van der Waals surface area contributed by atoms with E-state index in [-0.39, 0.29) is 18.0 Å². The second-order valence-corrected chi connectivity index (χ2v) is 6.56. The number of thiazole rings is 1. The van der Waals surface area contributed by atoms with Crippen molar-refractivity contribution in [3.63, 3.8) is 0 Å². The van der Waals surface area contributed by atoms with Crippen LogP contribution in [0.25, 0.3) is 0 Å². The Morgan fingerprint density at radius 3 is 2.70 bits per heavy atom. The molecule has 5 nitrogen and oxygen atoms in total. The highest BCUT2D eigenvalue weighted by atomic mass is 32.1. The predicted molar refractivity (Wildman–Crippen MR) is 79.7 cm³/mol. The van der Waals surface area contributed by atoms with Crippen LogP contribution in [0.5, 0.6) is 0 Å². The van der Waals surface area contributed by atoms with Crippen molar-refractivity contribution >= 4 is 22.5 Å². The topological polar surface area (TPSA) is 77.8 Å². The van der Waals surface area contributed by atoms with Crippen molar-refractivity contribution in [2.75, 3.05) is 5.32 Å². The van der Waals surface area contributed by atoms with Gasteiger partial charge in [0, 0.05) is 23.0 Å². The van der Waals surface area contributed by atoms with Gasteiger partial charge in [0.2, 0.25) is 0 Å². The summed E-state index contributed by atoms with van der Waals surface area (Å²) in [5.74, 6) is 0.580. The summed E-state index contributed by atoms with van der Waals surface area (Å²) < 4.78 is 0. The summed E-state index contributed by atoms with van der Waals surface area (Å²) in [6.07, 6.45) is 5.30. The number of anilines is 1. The fourth-order valence-electron chi connectivity index (χ4n) is 2.30. The lowest BCUT2D eigenvalue weighted by Crippen LogP contribution is -2.40. The molecule has 0 radical (unpaired) electrons. The van der Waals surface area contributed by atoms with Crippen molar-refractivity contribution in [2.45, 2.75) is 51.5 Å². The first-order valence-electron chi connectivity index (χ1n) is 7.01. The van der Waals surface area contributed by atoms with Crippen LogP contribution in [0.3, 0.4) is 0 Å². The monoisotopic (exact) mass is 292 g/mol. The molecule has 1 aliphatic rings. The third-order valence-electron chi connectivity index (χ3n) is 3.56. The zero-order valence-electron chi connectivity index (χ0n) is 11.8. The molecule has 0 saturated heterocycles. The molecule has 2 rings (SSSR count). The lowest BCUT2D eigenvalue weighted by molar-refractivity contribution is 0.242. The number of hydrogen-bond acceptors (Lipinski definition) is 4. The van der Waals surface area contributed by atoms with Crippen LogP contribution in [0.1, 0.15) is 50.3 Å². The van der Waals surface area contributed by atoms with Gasteiger partial charge >= 0.3 is 6.03 Å². The maximum Gasteiger partial charge on any atom is 0.321 e. The van der Waals surface area contributed by atoms with Crippen LogP contribution in [-0.4, -0.2) is 17.1 Å². The molecule has 2 N–H and O–H groups in total. The van der Waals surface area contributed by atoms with Gasteiger partial charge in [-0.25, -0.2) is 9.78 Å². The average Bonchev–Trinajstić information content (AvgIpc) is 2.88. The second kappa shape index (κ2) is 6.71. The summed E-state index contributed by atoms with van der Waals surface area (Å²) in [6.45, 7) is 4.20. The molecule has 108 valence electrons. The molecule has 1 heterocycles. The Hall–Kier alpha value is -1.61. The summed E-state index contributed by atoms with van der Waals surface area (Å²) >= 11 is 1.51. The van der Waals surface area contributed by atoms with Gasteiger partial charge in [0.25, 0.3) is 0 Å². The van der Waals surface area contributed by atoms with Crippen molar-refractivity contribution in [3.8, 4) is 6.07 Å². The highest BCUT2D eigenvalue weighted by molar-refractivity contribution is 7.15. The van der Waals surface area contributed by atoms with Gasteiger partial charge in [0.1, 0.15) is 0 Å². The Kier molecular flexibility index (Phi) is 4.96. The number of amides is 2. The third kappa shape index (κ3) is 3.94. The molecular weight excluding hydrogens is 272 g/mol. The van der Waals surface area contributed by atoms with Crippen molar-refractivity contribution < 1.29 is 4.79 Å². The van der Waals surface area contributed by atoms with E-state index in [0.29, 0.717) is 11.0 Å². The Bertz CT molecular complexity index is 498. The van der Waals surface area contributed by atoms with Crippen molar-refractivity contribution in [3.05, 3.63) is 11.1 Å². The van der Waals surface area contributed by atoms with E-state index in [1.54, 1.807) is 0 Å². The molecule has 0 aliphatic heterocycles. The van der Waals surface area contributed by atoms with E-state index < -0.39 is 0 Å². The zero-order valence-corrected chi connectivity index (χ0v) is 12.7. The van der Waals surface area contributed by atoms with Crippen LogP contribution in [-0.2, 0) is 0 Å². The highest BCUT2D eigenvalue weighted by Gasteiger charge is 2.22. The Labute approximate surface area is 123 Å². The Morgan fingerprint density at radius 2 is 2.15 bits per heavy atom. The van der Waals surface area contributed by atoms with Gasteiger partial charge in [-0.1, -0.05) is 13.8 Å². The summed E-state index contributed by atoms with van der Waals surface area (Å²) in [6, 6.07) is 2.27. The predicted octanol–water partition coefficient (Wildman–Crippen LogP) is 3.47. The van der Waals surface area contributed by atoms with Gasteiger partial charge in [0.15, 0.2) is 5.13 Å². The van der Waals surface area contributed by atoms with E-state index in [0.717, 1.165) is 30.6 Å². The molecule has 1 fully saturated rings. The molecule has 1 saturated carbocycles. The molecule has 2 amide bonds. The van der Waals surface area contributed by atoms with Crippen LogP contribution in [0.4, 0.5) is 9.93 Å². The molecule has 20 heavy (non-hydrogen) atoms. The van der Waals surface area contributed by atoms with Crippen LogP contribution in [0.2, 0.25) is 0 Å². The van der Waals surface area contributed by atoms with Crippen molar-refractivity contribution in [1.82, 2.24) is 10.3 Å². The number of urea groups is 1. The van der Waals surface area contributed by atoms with Gasteiger partial charge in [-0.3, -0.25) is 5.32 Å². The number of hydrogen-bond donors (Lipinski definition) is 2. The van der Waals surface area contributed by atoms with E-state index in [1.165, 1.54) is 11.3 Å². The van der Waals surface area contributed by atoms with E-state index in [2.05, 4.69) is 35.5 Å². The number of nitriles is 1. The first-order valence-corrected chi connectivity index (χ1v) is 7.83. The van der Waals surface area contributed by atoms with Crippen LogP contribution in [0, 0.1) is 17.2 Å². The SMILES string of the molecule is CC(C)c1cnc(NC(=O)NC2CCC(C#N)CC2)s1. The first-order chi connectivity index (χ1) is 9.58. The van der Waals surface area contributed by atoms with E-state index in [4.69, 9.17) is 5.26 Å². The Morgan fingerprint density at radius 1 is 1.45 bits per heavy atom. The maximum absolute atomic E-state index is 11.9. The van der Waals surface area contributed by atoms with Crippen LogP contribution >= 0.6 is 11.3 Å². The molecule has 0 unspecified atom stereocenters. The lowest BCUT2D eigenvalue weighted by Gasteiger charge is -2.25. The molecule has 0 spiro atoms. The molecule has 0 bridgehead atoms. The zero-order chi connectivity index (χ0) is 14.5. The third-order valence-corrected chi connectivity index (χ3v) is 4.77. The molecule has 0 atom stereocenters. The van der Waals surface area contributed by atoms with E-state index in [9.17, 15) is 4.79 Å². The molecule has 1 aromatic heterocycles. The average molecular weight is 292 g/mol. The summed E-state index contributed by atoms with van der Waals surface area (Å²) in [5.41, 5.74) is 0. The van der Waals surface area contributed by atoms with Gasteiger partial charge in [-0.15, -0.1) is 11.3 Å². The number of nitrogens with one attached hydrogen (secondary N) is 2. The van der Waals surface area contributed by atoms with Gasteiger partial charge in [-0.05, 0) is 31.6 Å². The Balaban J connectivity index is 1.79. The minimum absolute atomic E-state index is 0.156. The molecule has 6 heteroatoms. The standard InChI is InChI=1S/C14H20N4OS/c1-9(2)12-8-16-14(20-12)18-13(19)17-11-5-3-10(7-15)4-6-11/h8-11H,3-6H2,1-2H3,(H2,16,17,18,19). The van der Waals surface area contributed by atoms with Crippen LogP contribution in [0.15, 0.2) is 6.20 Å². The van der Waals surface area contributed by atoms with Gasteiger partial charge in [0.05, 0.1) is 6.07 Å². The largest absolute Gasteiger partial charge is 0.335 e. The molecule has 1 aliphatic carbocycles. The summed E-state index contributed by atoms with van der Waals surface area (Å²) in [4.78, 5) is 17.3. The number of nitrogens with zero attached hydrogens (tertiary/aromatic N) is 2. The fourth-order valence-corrected chi connectivity index (χ4v) is 3.11. The lowest BCUT2D eigenvalue weighted by atomic mass is 9.87. The minimum atomic E-state index is -0.199. The minimum Gasteiger partial charge on any atom is -0.335 e. The highest BCUT2D eigenvalue weighted by Crippen LogP contribution is 2.26. The smallest absolute Gasteiger partial charge is 0.321 e. The quantitative estimate of drug-likeness (QED) is 0.895. The molecule has 1 aromatic rings. The van der Waals surface area contributed by atoms with Crippen molar-refractivity contribution in [2.24, 2.45) is 5.92 Å². The number of carbonyl (C=O) groups excluding carboxylic acids is 1. The normalized spacial score (nSPS) is 22.3. The molecular formula is C14H20N4OS. The van der Waals surface area contributed by atoms with Gasteiger partial charge in [-0.2, -0.15) is 5.26 Å². The molecule has 0 aromatic carbocycles. The van der Waals surface area contributed by atoms with Crippen molar-refractivity contribution in [1.29, 1.82) is 5.26 Å². The van der Waals surface area contributed by atoms with Gasteiger partial charge < -0.3 is 5.32 Å². The number of aromatic nitrogens is 1. The second-order valence-electron chi connectivity index (χ2n) is 5.50. The van der Waals surface area contributed by atoms with E-state index in [1.807, 2.05) is 6.20 Å². The first kappa shape index (κ1) is 14.8. The number of rotatable bonds is 3. The summed E-state index contributed by atoms with van der Waals surface area (Å²) in [5, 5.41) is 15.2.